The third-order valence-electron chi connectivity index (χ3n) is 5.86. The highest BCUT2D eigenvalue weighted by Crippen LogP contribution is 2.27. The lowest BCUT2D eigenvalue weighted by Crippen LogP contribution is -2.46. The van der Waals surface area contributed by atoms with Gasteiger partial charge in [-0.1, -0.05) is 43.3 Å². The lowest BCUT2D eigenvalue weighted by molar-refractivity contribution is 0.0922. The van der Waals surface area contributed by atoms with E-state index >= 15 is 0 Å². The fourth-order valence-corrected chi connectivity index (χ4v) is 4.10. The lowest BCUT2D eigenvalue weighted by atomic mass is 9.95. The molecule has 1 aliphatic rings. The first kappa shape index (κ1) is 20.1. The molecule has 0 bridgehead atoms. The molecule has 7 heteroatoms. The van der Waals surface area contributed by atoms with E-state index in [2.05, 4.69) is 33.2 Å². The zero-order valence-electron chi connectivity index (χ0n) is 17.6. The Morgan fingerprint density at radius 1 is 0.938 bits per heavy atom. The second-order valence-corrected chi connectivity index (χ2v) is 7.90. The maximum atomic E-state index is 13.0. The van der Waals surface area contributed by atoms with E-state index in [4.69, 9.17) is 0 Å². The Morgan fingerprint density at radius 2 is 1.75 bits per heavy atom. The van der Waals surface area contributed by atoms with Crippen LogP contribution in [-0.2, 0) is 0 Å². The van der Waals surface area contributed by atoms with E-state index in [1.165, 1.54) is 0 Å². The van der Waals surface area contributed by atoms with E-state index in [0.717, 1.165) is 22.5 Å². The lowest BCUT2D eigenvalue weighted by Gasteiger charge is -2.20. The molecule has 3 heterocycles. The number of nitrogens with zero attached hydrogens (tertiary/aromatic N) is 3. The van der Waals surface area contributed by atoms with Gasteiger partial charge in [0.25, 0.3) is 5.91 Å². The average Bonchev–Trinajstić information content (AvgIpc) is 3.48. The van der Waals surface area contributed by atoms with Crippen LogP contribution in [0.4, 0.5) is 0 Å². The molecule has 2 aromatic heterocycles. The Hall–Kier alpha value is -3.81. The summed E-state index contributed by atoms with van der Waals surface area (Å²) in [7, 11) is 0. The molecule has 3 N–H and O–H groups in total. The van der Waals surface area contributed by atoms with Crippen molar-refractivity contribution < 1.29 is 4.79 Å². The Balaban J connectivity index is 1.34. The maximum Gasteiger partial charge on any atom is 0.252 e. The standard InChI is InChI=1S/C25H24N6O/c1-17-23(19-10-13-26-14-11-19)29-30-24(17)28-25(32)20-8-5-9-21(16-20)31-22(12-15-27-31)18-6-3-2-4-7-18/h2-17,23-24,29-30H,1H3,(H,28,32). The summed E-state index contributed by atoms with van der Waals surface area (Å²) in [5, 5.41) is 7.59. The van der Waals surface area contributed by atoms with Crippen LogP contribution in [0.5, 0.6) is 0 Å². The van der Waals surface area contributed by atoms with Crippen molar-refractivity contribution in [2.75, 3.05) is 0 Å². The zero-order chi connectivity index (χ0) is 21.9. The van der Waals surface area contributed by atoms with Gasteiger partial charge in [-0.2, -0.15) is 5.10 Å². The molecular weight excluding hydrogens is 400 g/mol. The van der Waals surface area contributed by atoms with Crippen LogP contribution >= 0.6 is 0 Å². The summed E-state index contributed by atoms with van der Waals surface area (Å²) < 4.78 is 1.85. The minimum Gasteiger partial charge on any atom is -0.335 e. The van der Waals surface area contributed by atoms with Gasteiger partial charge in [-0.25, -0.2) is 15.5 Å². The van der Waals surface area contributed by atoms with Crippen LogP contribution in [0.2, 0.25) is 0 Å². The second-order valence-electron chi connectivity index (χ2n) is 7.90. The number of aromatic nitrogens is 3. The number of carbonyl (C=O) groups excluding carboxylic acids is 1. The number of nitrogens with one attached hydrogen (secondary N) is 3. The largest absolute Gasteiger partial charge is 0.335 e. The highest BCUT2D eigenvalue weighted by atomic mass is 16.1. The normalized spacial score (nSPS) is 20.2. The van der Waals surface area contributed by atoms with Crippen molar-refractivity contribution in [1.29, 1.82) is 0 Å². The molecule has 0 aliphatic carbocycles. The van der Waals surface area contributed by atoms with Gasteiger partial charge in [0.05, 0.1) is 29.8 Å². The molecule has 7 nitrogen and oxygen atoms in total. The maximum absolute atomic E-state index is 13.0. The molecule has 1 aliphatic heterocycles. The molecular formula is C25H24N6O. The fourth-order valence-electron chi connectivity index (χ4n) is 4.10. The SMILES string of the molecule is CC1C(NC(=O)c2cccc(-n3nccc3-c3ccccc3)c2)NNC1c1ccncc1. The summed E-state index contributed by atoms with van der Waals surface area (Å²) in [4.78, 5) is 17.1. The van der Waals surface area contributed by atoms with E-state index in [9.17, 15) is 4.79 Å². The highest BCUT2D eigenvalue weighted by molar-refractivity contribution is 5.95. The fraction of sp³-hybridized carbons (Fsp3) is 0.160. The van der Waals surface area contributed by atoms with Crippen molar-refractivity contribution in [3.05, 3.63) is 103 Å². The van der Waals surface area contributed by atoms with E-state index in [1.807, 2.05) is 77.5 Å². The quantitative estimate of drug-likeness (QED) is 0.457. The third-order valence-corrected chi connectivity index (χ3v) is 5.86. The average molecular weight is 425 g/mol. The van der Waals surface area contributed by atoms with E-state index in [0.29, 0.717) is 5.56 Å². The summed E-state index contributed by atoms with van der Waals surface area (Å²) in [5.74, 6) is 0.0159. The van der Waals surface area contributed by atoms with Gasteiger partial charge in [-0.05, 0) is 42.0 Å². The molecule has 32 heavy (non-hydrogen) atoms. The molecule has 1 fully saturated rings. The number of pyridine rings is 1. The number of hydrazine groups is 1. The van der Waals surface area contributed by atoms with Crippen LogP contribution in [0.1, 0.15) is 28.9 Å². The van der Waals surface area contributed by atoms with Crippen molar-refractivity contribution >= 4 is 5.91 Å². The molecule has 2 aromatic carbocycles. The number of amides is 1. The predicted molar refractivity (Wildman–Crippen MR) is 123 cm³/mol. The molecule has 0 saturated carbocycles. The van der Waals surface area contributed by atoms with Crippen LogP contribution in [0.15, 0.2) is 91.4 Å². The van der Waals surface area contributed by atoms with Crippen molar-refractivity contribution in [3.8, 4) is 16.9 Å². The van der Waals surface area contributed by atoms with Crippen molar-refractivity contribution in [2.24, 2.45) is 5.92 Å². The monoisotopic (exact) mass is 424 g/mol. The molecule has 1 amide bonds. The number of hydrogen-bond acceptors (Lipinski definition) is 5. The minimum absolute atomic E-state index is 0.0899. The first-order valence-corrected chi connectivity index (χ1v) is 10.6. The second kappa shape index (κ2) is 8.74. The summed E-state index contributed by atoms with van der Waals surface area (Å²) >= 11 is 0. The zero-order valence-corrected chi connectivity index (χ0v) is 17.6. The number of hydrogen-bond donors (Lipinski definition) is 3. The van der Waals surface area contributed by atoms with E-state index < -0.39 is 0 Å². The molecule has 160 valence electrons. The first-order chi connectivity index (χ1) is 15.7. The van der Waals surface area contributed by atoms with Gasteiger partial charge in [-0.3, -0.25) is 9.78 Å². The van der Waals surface area contributed by atoms with Crippen molar-refractivity contribution in [3.63, 3.8) is 0 Å². The van der Waals surface area contributed by atoms with Crippen LogP contribution < -0.4 is 16.2 Å². The number of benzene rings is 2. The van der Waals surface area contributed by atoms with Crippen molar-refractivity contribution in [2.45, 2.75) is 19.1 Å². The minimum atomic E-state index is -0.200. The molecule has 1 saturated heterocycles. The van der Waals surface area contributed by atoms with Gasteiger partial charge in [0.15, 0.2) is 0 Å². The Morgan fingerprint density at radius 3 is 2.56 bits per heavy atom. The third kappa shape index (κ3) is 3.91. The Kier molecular flexibility index (Phi) is 5.49. The predicted octanol–water partition coefficient (Wildman–Crippen LogP) is 3.48. The van der Waals surface area contributed by atoms with Gasteiger partial charge >= 0.3 is 0 Å². The van der Waals surface area contributed by atoms with E-state index in [1.54, 1.807) is 18.6 Å². The first-order valence-electron chi connectivity index (χ1n) is 10.6. The summed E-state index contributed by atoms with van der Waals surface area (Å²) in [5.41, 5.74) is 11.1. The molecule has 5 rings (SSSR count). The van der Waals surface area contributed by atoms with Gasteiger partial charge in [0.2, 0.25) is 0 Å². The van der Waals surface area contributed by atoms with Gasteiger partial charge in [-0.15, -0.1) is 0 Å². The van der Waals surface area contributed by atoms with Gasteiger partial charge < -0.3 is 5.32 Å². The Labute approximate surface area is 186 Å². The summed E-state index contributed by atoms with van der Waals surface area (Å²) in [6.07, 6.45) is 5.12. The molecule has 3 atom stereocenters. The van der Waals surface area contributed by atoms with Crippen molar-refractivity contribution in [1.82, 2.24) is 30.9 Å². The van der Waals surface area contributed by atoms with Crippen LogP contribution in [0, 0.1) is 5.92 Å². The summed E-state index contributed by atoms with van der Waals surface area (Å²) in [6.45, 7) is 2.11. The molecule has 3 unspecified atom stereocenters. The molecule has 0 spiro atoms. The van der Waals surface area contributed by atoms with Crippen LogP contribution in [0.25, 0.3) is 16.9 Å². The van der Waals surface area contributed by atoms with Gasteiger partial charge in [0.1, 0.15) is 0 Å². The number of rotatable bonds is 5. The summed E-state index contributed by atoms with van der Waals surface area (Å²) in [6, 6.07) is 23.6. The highest BCUT2D eigenvalue weighted by Gasteiger charge is 2.34. The molecule has 0 radical (unpaired) electrons. The van der Waals surface area contributed by atoms with E-state index in [-0.39, 0.29) is 24.0 Å². The van der Waals surface area contributed by atoms with Crippen LogP contribution in [-0.4, -0.2) is 26.8 Å². The Bertz CT molecular complexity index is 1210. The van der Waals surface area contributed by atoms with Crippen LogP contribution in [0.3, 0.4) is 0 Å². The number of carbonyl (C=O) groups is 1. The smallest absolute Gasteiger partial charge is 0.252 e. The van der Waals surface area contributed by atoms with Gasteiger partial charge in [0, 0.05) is 29.4 Å². The topological polar surface area (TPSA) is 83.9 Å². The molecule has 4 aromatic rings.